The van der Waals surface area contributed by atoms with Crippen molar-refractivity contribution in [3.05, 3.63) is 70.9 Å². The fourth-order valence-corrected chi connectivity index (χ4v) is 4.83. The molecule has 0 aliphatic carbocycles. The highest BCUT2D eigenvalue weighted by Crippen LogP contribution is 2.36. The van der Waals surface area contributed by atoms with Crippen molar-refractivity contribution in [3.63, 3.8) is 0 Å². The van der Waals surface area contributed by atoms with Gasteiger partial charge in [0.1, 0.15) is 6.04 Å². The van der Waals surface area contributed by atoms with Crippen LogP contribution in [-0.4, -0.2) is 35.1 Å². The topological polar surface area (TPSA) is 71.2 Å². The molecule has 1 saturated heterocycles. The van der Waals surface area contributed by atoms with E-state index in [1.54, 1.807) is 17.8 Å². The number of rotatable bonds is 5. The maximum absolute atomic E-state index is 12.5. The quantitative estimate of drug-likeness (QED) is 0.507. The highest BCUT2D eigenvalue weighted by molar-refractivity contribution is 7.99. The van der Waals surface area contributed by atoms with Crippen molar-refractivity contribution in [2.45, 2.75) is 25.3 Å². The molecular formula is C22H22N2O3S. The van der Waals surface area contributed by atoms with Gasteiger partial charge in [-0.25, -0.2) is 0 Å². The molecule has 0 spiro atoms. The molecule has 6 heteroatoms. The number of esters is 1. The van der Waals surface area contributed by atoms with Gasteiger partial charge >= 0.3 is 5.97 Å². The number of hydrogen-bond acceptors (Lipinski definition) is 5. The number of ether oxygens (including phenoxy) is 1. The van der Waals surface area contributed by atoms with Gasteiger partial charge in [0.2, 0.25) is 5.78 Å². The molecule has 144 valence electrons. The van der Waals surface area contributed by atoms with Crippen LogP contribution in [0.15, 0.2) is 48.7 Å². The van der Waals surface area contributed by atoms with Crippen molar-refractivity contribution < 1.29 is 14.3 Å². The number of aromatic amines is 1. The molecule has 0 saturated carbocycles. The minimum Gasteiger partial charge on any atom is -0.456 e. The molecule has 5 nitrogen and oxygen atoms in total. The summed E-state index contributed by atoms with van der Waals surface area (Å²) in [4.78, 5) is 28.1. The van der Waals surface area contributed by atoms with Gasteiger partial charge in [-0.2, -0.15) is 0 Å². The predicted molar refractivity (Wildman–Crippen MR) is 112 cm³/mol. The highest BCUT2D eigenvalue weighted by atomic mass is 32.2. The zero-order valence-corrected chi connectivity index (χ0v) is 16.6. The van der Waals surface area contributed by atoms with E-state index in [0.29, 0.717) is 11.3 Å². The fraction of sp³-hybridized carbons (Fsp3) is 0.273. The summed E-state index contributed by atoms with van der Waals surface area (Å²) < 4.78 is 5.31. The molecule has 2 aromatic carbocycles. The number of carbonyl (C=O) groups excluding carboxylic acids is 2. The second-order valence-corrected chi connectivity index (χ2v) is 8.21. The predicted octanol–water partition coefficient (Wildman–Crippen LogP) is 3.91. The second kappa shape index (κ2) is 7.81. The van der Waals surface area contributed by atoms with Crippen molar-refractivity contribution >= 4 is 34.4 Å². The van der Waals surface area contributed by atoms with Crippen molar-refractivity contribution in [3.8, 4) is 0 Å². The molecular weight excluding hydrogens is 372 g/mol. The number of nitrogens with one attached hydrogen (secondary N) is 2. The smallest absolute Gasteiger partial charge is 0.324 e. The van der Waals surface area contributed by atoms with E-state index < -0.39 is 6.04 Å². The largest absolute Gasteiger partial charge is 0.456 e. The molecule has 2 unspecified atom stereocenters. The van der Waals surface area contributed by atoms with Crippen LogP contribution in [0.4, 0.5) is 0 Å². The molecule has 0 bridgehead atoms. The number of hydrogen-bond donors (Lipinski definition) is 2. The van der Waals surface area contributed by atoms with E-state index >= 15 is 0 Å². The zero-order valence-electron chi connectivity index (χ0n) is 15.8. The average Bonchev–Trinajstić information content (AvgIpc) is 3.35. The van der Waals surface area contributed by atoms with Crippen molar-refractivity contribution in [2.75, 3.05) is 12.4 Å². The summed E-state index contributed by atoms with van der Waals surface area (Å²) in [5.41, 5.74) is 4.82. The highest BCUT2D eigenvalue weighted by Gasteiger charge is 2.32. The third kappa shape index (κ3) is 3.70. The fourth-order valence-electron chi connectivity index (χ4n) is 3.57. The van der Waals surface area contributed by atoms with Crippen LogP contribution in [0.2, 0.25) is 0 Å². The molecule has 1 aliphatic heterocycles. The summed E-state index contributed by atoms with van der Waals surface area (Å²) in [7, 11) is 0. The lowest BCUT2D eigenvalue weighted by Crippen LogP contribution is -2.36. The van der Waals surface area contributed by atoms with Gasteiger partial charge in [0.15, 0.2) is 6.61 Å². The van der Waals surface area contributed by atoms with E-state index in [4.69, 9.17) is 4.74 Å². The van der Waals surface area contributed by atoms with Crippen molar-refractivity contribution in [2.24, 2.45) is 0 Å². The van der Waals surface area contributed by atoms with Gasteiger partial charge in [-0.05, 0) is 37.1 Å². The van der Waals surface area contributed by atoms with Crippen molar-refractivity contribution in [1.29, 1.82) is 0 Å². The Balaban J connectivity index is 1.37. The van der Waals surface area contributed by atoms with Gasteiger partial charge in [-0.15, -0.1) is 11.8 Å². The van der Waals surface area contributed by atoms with Crippen LogP contribution in [0.3, 0.4) is 0 Å². The summed E-state index contributed by atoms with van der Waals surface area (Å²) >= 11 is 1.67. The number of aryl methyl sites for hydroxylation is 2. The minimum atomic E-state index is -0.420. The average molecular weight is 394 g/mol. The number of thioether (sulfide) groups is 1. The summed E-state index contributed by atoms with van der Waals surface area (Å²) in [6.07, 6.45) is 1.91. The van der Waals surface area contributed by atoms with Crippen LogP contribution in [0, 0.1) is 13.8 Å². The third-order valence-electron chi connectivity index (χ3n) is 5.01. The Hall–Kier alpha value is -2.57. The lowest BCUT2D eigenvalue weighted by molar-refractivity contribution is -0.144. The maximum Gasteiger partial charge on any atom is 0.324 e. The number of fused-ring (bicyclic) bond motifs is 1. The molecule has 0 amide bonds. The van der Waals surface area contributed by atoms with Gasteiger partial charge in [0.05, 0.1) is 5.37 Å². The molecule has 0 radical (unpaired) electrons. The Kier molecular flexibility index (Phi) is 5.24. The Labute approximate surface area is 167 Å². The number of carbonyl (C=O) groups is 2. The first-order valence-electron chi connectivity index (χ1n) is 9.23. The van der Waals surface area contributed by atoms with Gasteiger partial charge in [0.25, 0.3) is 0 Å². The summed E-state index contributed by atoms with van der Waals surface area (Å²) in [6, 6.07) is 13.4. The summed E-state index contributed by atoms with van der Waals surface area (Å²) in [5, 5.41) is 4.50. The molecule has 2 atom stereocenters. The van der Waals surface area contributed by atoms with E-state index in [9.17, 15) is 9.59 Å². The van der Waals surface area contributed by atoms with E-state index in [2.05, 4.69) is 16.4 Å². The van der Waals surface area contributed by atoms with Gasteiger partial charge < -0.3 is 9.72 Å². The summed E-state index contributed by atoms with van der Waals surface area (Å²) in [5.74, 6) is 0.0571. The van der Waals surface area contributed by atoms with Crippen LogP contribution in [-0.2, 0) is 9.53 Å². The first kappa shape index (κ1) is 18.8. The van der Waals surface area contributed by atoms with Crippen LogP contribution in [0.25, 0.3) is 10.9 Å². The maximum atomic E-state index is 12.5. The molecule has 2 heterocycles. The van der Waals surface area contributed by atoms with Crippen LogP contribution >= 0.6 is 11.8 Å². The Bertz CT molecular complexity index is 1040. The molecule has 2 N–H and O–H groups in total. The van der Waals surface area contributed by atoms with E-state index in [1.807, 2.05) is 50.4 Å². The van der Waals surface area contributed by atoms with Gasteiger partial charge in [0, 0.05) is 28.4 Å². The number of ketones is 1. The Morgan fingerprint density at radius 1 is 1.18 bits per heavy atom. The lowest BCUT2D eigenvalue weighted by atomic mass is 10.0. The molecule has 1 aliphatic rings. The minimum absolute atomic E-state index is 0.0205. The van der Waals surface area contributed by atoms with E-state index in [-0.39, 0.29) is 23.7 Å². The van der Waals surface area contributed by atoms with Gasteiger partial charge in [-0.1, -0.05) is 35.9 Å². The molecule has 3 aromatic rings. The first-order valence-corrected chi connectivity index (χ1v) is 10.3. The number of aromatic nitrogens is 1. The SMILES string of the molecule is Cc1ccc(C(=O)COC(=O)C2CSC(c3cccc4[nH]ccc34)N2)c(C)c1. The third-order valence-corrected chi connectivity index (χ3v) is 6.25. The Morgan fingerprint density at radius 2 is 2.04 bits per heavy atom. The number of H-pyrrole nitrogens is 1. The standard InChI is InChI=1S/C22H22N2O3S/c1-13-6-7-15(14(2)10-13)20(25)11-27-22(26)19-12-28-21(24-19)17-4-3-5-18-16(17)8-9-23-18/h3-10,19,21,23-24H,11-12H2,1-2H3. The molecule has 28 heavy (non-hydrogen) atoms. The summed E-state index contributed by atoms with van der Waals surface area (Å²) in [6.45, 7) is 3.64. The normalized spacial score (nSPS) is 19.1. The van der Waals surface area contributed by atoms with Crippen LogP contribution in [0.1, 0.15) is 32.4 Å². The Morgan fingerprint density at radius 3 is 2.86 bits per heavy atom. The number of benzene rings is 2. The monoisotopic (exact) mass is 394 g/mol. The lowest BCUT2D eigenvalue weighted by Gasteiger charge is -2.14. The molecule has 1 fully saturated rings. The van der Waals surface area contributed by atoms with Gasteiger partial charge in [-0.3, -0.25) is 14.9 Å². The van der Waals surface area contributed by atoms with E-state index in [0.717, 1.165) is 27.6 Å². The zero-order chi connectivity index (χ0) is 19.7. The van der Waals surface area contributed by atoms with Crippen molar-refractivity contribution in [1.82, 2.24) is 10.3 Å². The second-order valence-electron chi connectivity index (χ2n) is 7.07. The van der Waals surface area contributed by atoms with E-state index in [1.165, 1.54) is 0 Å². The number of Topliss-reactive ketones (excluding diaryl/α,β-unsaturated/α-hetero) is 1. The first-order chi connectivity index (χ1) is 13.5. The molecule has 4 rings (SSSR count). The van der Waals surface area contributed by atoms with Crippen LogP contribution < -0.4 is 5.32 Å². The molecule has 1 aromatic heterocycles. The van der Waals surface area contributed by atoms with Crippen LogP contribution in [0.5, 0.6) is 0 Å².